The molecule has 14 heteroatoms. The van der Waals surface area contributed by atoms with Crippen LogP contribution in [0.2, 0.25) is 0 Å². The van der Waals surface area contributed by atoms with E-state index in [2.05, 4.69) is 60.6 Å². The van der Waals surface area contributed by atoms with Gasteiger partial charge in [-0.1, -0.05) is 52.3 Å². The maximum atomic E-state index is 13.0. The van der Waals surface area contributed by atoms with Crippen molar-refractivity contribution in [3.05, 3.63) is 112 Å². The molecule has 1 aromatic heterocycles. The number of carbonyl (C=O) groups is 4. The zero-order valence-electron chi connectivity index (χ0n) is 30.6. The minimum absolute atomic E-state index is 0. The molecule has 4 aromatic carbocycles. The van der Waals surface area contributed by atoms with Gasteiger partial charge in [0, 0.05) is 72.4 Å². The first-order chi connectivity index (χ1) is 26.8. The lowest BCUT2D eigenvalue weighted by molar-refractivity contribution is -0.137. The van der Waals surface area contributed by atoms with Crippen LogP contribution >= 0.6 is 27.3 Å². The van der Waals surface area contributed by atoms with Crippen LogP contribution < -0.4 is 20.1 Å². The fraction of sp³-hybridized carbons (Fsp3) is 0.286. The summed E-state index contributed by atoms with van der Waals surface area (Å²) >= 11 is 5.26. The number of nitrogens with zero attached hydrogens (tertiary/aromatic N) is 3. The molecule has 290 valence electrons. The van der Waals surface area contributed by atoms with Gasteiger partial charge in [-0.25, -0.2) is 0 Å². The third-order valence-corrected chi connectivity index (χ3v) is 12.0. The maximum absolute atomic E-state index is 13.0. The molecule has 4 heterocycles. The fourth-order valence-electron chi connectivity index (χ4n) is 7.30. The molecule has 5 aromatic rings. The summed E-state index contributed by atoms with van der Waals surface area (Å²) in [6, 6.07) is 29.2. The number of thiophene rings is 1. The summed E-state index contributed by atoms with van der Waals surface area (Å²) < 4.78 is 14.8. The van der Waals surface area contributed by atoms with E-state index in [0.29, 0.717) is 38.2 Å². The van der Waals surface area contributed by atoms with Crippen LogP contribution in [0.4, 0.5) is 0 Å². The lowest BCUT2D eigenvalue weighted by Gasteiger charge is -2.34. The number of ether oxygens (including phenoxy) is 2. The van der Waals surface area contributed by atoms with Crippen molar-refractivity contribution in [3.63, 3.8) is 0 Å². The standard InChI is InChI=1S/C42H40BrN5O6S.H2O/c43-30-8-6-28(7-9-30)40-39(34-3-1-2-4-36(34)55-40)54-32-12-10-31(11-13-32)53-22-21-46-17-19-47(20-18-46)26-38(50)44-24-27-5-14-33-29(23-27)25-48(42(33)52)35-15-16-37(49)45-41(35)51;/h1-14,23,35H,15-22,24-26H2,(H,44,50)(H,45,49,51);1H2. The normalized spacial score (nSPS) is 17.3. The number of imide groups is 1. The number of piperidine rings is 1. The van der Waals surface area contributed by atoms with Gasteiger partial charge in [0.15, 0.2) is 5.75 Å². The van der Waals surface area contributed by atoms with E-state index < -0.39 is 11.9 Å². The van der Waals surface area contributed by atoms with E-state index in [-0.39, 0.29) is 29.6 Å². The van der Waals surface area contributed by atoms with Crippen LogP contribution in [0.15, 0.2) is 95.5 Å². The molecule has 0 bridgehead atoms. The molecule has 8 rings (SSSR count). The van der Waals surface area contributed by atoms with Crippen LogP contribution in [0.3, 0.4) is 0 Å². The first-order valence-corrected chi connectivity index (χ1v) is 20.0. The monoisotopic (exact) mass is 839 g/mol. The van der Waals surface area contributed by atoms with E-state index in [9.17, 15) is 19.2 Å². The Morgan fingerprint density at radius 1 is 0.893 bits per heavy atom. The van der Waals surface area contributed by atoms with Crippen molar-refractivity contribution < 1.29 is 34.1 Å². The number of halogens is 1. The molecule has 12 nitrogen and oxygen atoms in total. The molecule has 2 saturated heterocycles. The van der Waals surface area contributed by atoms with Crippen LogP contribution in [-0.2, 0) is 27.5 Å². The molecule has 0 saturated carbocycles. The molecule has 2 fully saturated rings. The number of amides is 4. The van der Waals surface area contributed by atoms with E-state index in [1.165, 1.54) is 9.60 Å². The Morgan fingerprint density at radius 3 is 2.39 bits per heavy atom. The Morgan fingerprint density at radius 2 is 1.62 bits per heavy atom. The quantitative estimate of drug-likeness (QED) is 0.159. The van der Waals surface area contributed by atoms with Gasteiger partial charge in [0.1, 0.15) is 24.1 Å². The third-order valence-electron chi connectivity index (χ3n) is 10.3. The highest BCUT2D eigenvalue weighted by molar-refractivity contribution is 9.10. The van der Waals surface area contributed by atoms with Crippen molar-refractivity contribution >= 4 is 61.0 Å². The Labute approximate surface area is 336 Å². The lowest BCUT2D eigenvalue weighted by Crippen LogP contribution is -2.52. The van der Waals surface area contributed by atoms with Crippen molar-refractivity contribution in [2.45, 2.75) is 32.0 Å². The molecule has 56 heavy (non-hydrogen) atoms. The van der Waals surface area contributed by atoms with Gasteiger partial charge < -0.3 is 25.2 Å². The number of hydrogen-bond acceptors (Lipinski definition) is 9. The molecule has 4 amide bonds. The van der Waals surface area contributed by atoms with Gasteiger partial charge in [0.2, 0.25) is 17.7 Å². The number of fused-ring (bicyclic) bond motifs is 2. The predicted molar refractivity (Wildman–Crippen MR) is 218 cm³/mol. The average Bonchev–Trinajstić information content (AvgIpc) is 3.72. The summed E-state index contributed by atoms with van der Waals surface area (Å²) in [6.07, 6.45) is 0.541. The van der Waals surface area contributed by atoms with Crippen LogP contribution in [0.1, 0.15) is 34.3 Å². The third kappa shape index (κ3) is 8.79. The number of carbonyl (C=O) groups excluding carboxylic acids is 4. The van der Waals surface area contributed by atoms with Gasteiger partial charge in [-0.15, -0.1) is 11.3 Å². The highest BCUT2D eigenvalue weighted by atomic mass is 79.9. The Bertz CT molecular complexity index is 2240. The summed E-state index contributed by atoms with van der Waals surface area (Å²) in [4.78, 5) is 56.8. The zero-order chi connectivity index (χ0) is 37.9. The second kappa shape index (κ2) is 17.3. The zero-order valence-corrected chi connectivity index (χ0v) is 33.0. The molecule has 3 aliphatic heterocycles. The number of nitrogens with one attached hydrogen (secondary N) is 2. The van der Waals surface area contributed by atoms with Gasteiger partial charge in [0.05, 0.1) is 11.4 Å². The van der Waals surface area contributed by atoms with Gasteiger partial charge in [-0.3, -0.25) is 34.3 Å². The van der Waals surface area contributed by atoms with Gasteiger partial charge in [-0.2, -0.15) is 0 Å². The Hall–Kier alpha value is -5.12. The minimum atomic E-state index is -0.649. The highest BCUT2D eigenvalue weighted by Gasteiger charge is 2.39. The van der Waals surface area contributed by atoms with Crippen LogP contribution in [0.25, 0.3) is 20.5 Å². The van der Waals surface area contributed by atoms with E-state index in [0.717, 1.165) is 81.4 Å². The molecule has 3 aliphatic rings. The smallest absolute Gasteiger partial charge is 0.255 e. The lowest BCUT2D eigenvalue weighted by atomic mass is 10.0. The number of piperazine rings is 1. The molecule has 0 aliphatic carbocycles. The van der Waals surface area contributed by atoms with Crippen molar-refractivity contribution in [1.82, 2.24) is 25.3 Å². The van der Waals surface area contributed by atoms with Crippen LogP contribution in [0, 0.1) is 0 Å². The largest absolute Gasteiger partial charge is 0.492 e. The van der Waals surface area contributed by atoms with Gasteiger partial charge >= 0.3 is 0 Å². The van der Waals surface area contributed by atoms with E-state index in [1.807, 2.05) is 60.7 Å². The fourth-order valence-corrected chi connectivity index (χ4v) is 8.70. The van der Waals surface area contributed by atoms with Gasteiger partial charge in [-0.05, 0) is 77.7 Å². The second-order valence-electron chi connectivity index (χ2n) is 14.0. The van der Waals surface area contributed by atoms with Crippen LogP contribution in [0.5, 0.6) is 17.2 Å². The Balaban J connectivity index is 0.00000480. The molecule has 4 N–H and O–H groups in total. The van der Waals surface area contributed by atoms with Crippen LogP contribution in [-0.4, -0.2) is 95.7 Å². The second-order valence-corrected chi connectivity index (χ2v) is 15.9. The number of rotatable bonds is 12. The molecule has 0 spiro atoms. The van der Waals surface area contributed by atoms with Crippen molar-refractivity contribution in [1.29, 1.82) is 0 Å². The van der Waals surface area contributed by atoms with E-state index >= 15 is 0 Å². The van der Waals surface area contributed by atoms with Crippen molar-refractivity contribution in [3.8, 4) is 27.7 Å². The molecular weight excluding hydrogens is 798 g/mol. The molecule has 0 radical (unpaired) electrons. The minimum Gasteiger partial charge on any atom is -0.492 e. The summed E-state index contributed by atoms with van der Waals surface area (Å²) in [7, 11) is 0. The van der Waals surface area contributed by atoms with Crippen molar-refractivity contribution in [2.24, 2.45) is 0 Å². The van der Waals surface area contributed by atoms with Gasteiger partial charge in [0.25, 0.3) is 5.91 Å². The summed E-state index contributed by atoms with van der Waals surface area (Å²) in [5.74, 6) is 1.39. The molecule has 1 unspecified atom stereocenters. The highest BCUT2D eigenvalue weighted by Crippen LogP contribution is 2.46. The van der Waals surface area contributed by atoms with E-state index in [4.69, 9.17) is 9.47 Å². The Kier molecular flexibility index (Phi) is 12.1. The van der Waals surface area contributed by atoms with E-state index in [1.54, 1.807) is 17.4 Å². The number of benzene rings is 4. The first-order valence-electron chi connectivity index (χ1n) is 18.4. The molecular formula is C42H42BrN5O7S. The average molecular weight is 841 g/mol. The number of hydrogen-bond donors (Lipinski definition) is 2. The summed E-state index contributed by atoms with van der Waals surface area (Å²) in [5.41, 5.74) is 3.38. The molecule has 1 atom stereocenters. The topological polar surface area (TPSA) is 152 Å². The van der Waals surface area contributed by atoms with Crippen molar-refractivity contribution in [2.75, 3.05) is 45.9 Å². The first kappa shape index (κ1) is 39.1. The predicted octanol–water partition coefficient (Wildman–Crippen LogP) is 5.37. The summed E-state index contributed by atoms with van der Waals surface area (Å²) in [5, 5.41) is 6.43. The summed E-state index contributed by atoms with van der Waals surface area (Å²) in [6.45, 7) is 5.59. The SMILES string of the molecule is O.O=C(CN1CCN(CCOc2ccc(Oc3c(-c4ccc(Br)cc4)sc4ccccc34)cc2)CC1)NCc1ccc2c(c1)CN(C1CCC(=O)NC1=O)C2=O. The maximum Gasteiger partial charge on any atom is 0.255 e.